The minimum absolute atomic E-state index is 0.0752. The molecule has 1 aromatic rings. The van der Waals surface area contributed by atoms with Crippen LogP contribution in [0.5, 0.6) is 0 Å². The van der Waals surface area contributed by atoms with Gasteiger partial charge < -0.3 is 5.11 Å². The number of hydrogen-bond donors (Lipinski definition) is 1. The van der Waals surface area contributed by atoms with Crippen LogP contribution in [0.25, 0.3) is 0 Å². The first-order valence-corrected chi connectivity index (χ1v) is 4.28. The second kappa shape index (κ2) is 3.12. The van der Waals surface area contributed by atoms with Crippen molar-refractivity contribution in [3.8, 4) is 0 Å². The van der Waals surface area contributed by atoms with Crippen LogP contribution in [0.2, 0.25) is 0 Å². The van der Waals surface area contributed by atoms with E-state index < -0.39 is 5.97 Å². The maximum absolute atomic E-state index is 10.7. The van der Waals surface area contributed by atoms with E-state index in [4.69, 9.17) is 5.11 Å². The minimum Gasteiger partial charge on any atom is -0.481 e. The predicted octanol–water partition coefficient (Wildman–Crippen LogP) is 1.05. The first kappa shape index (κ1) is 8.16. The highest BCUT2D eigenvalue weighted by molar-refractivity contribution is 5.72. The summed E-state index contributed by atoms with van der Waals surface area (Å²) < 4.78 is 0. The van der Waals surface area contributed by atoms with E-state index in [1.165, 1.54) is 0 Å². The van der Waals surface area contributed by atoms with Crippen molar-refractivity contribution in [2.45, 2.75) is 18.8 Å². The molecule has 68 valence electrons. The Labute approximate surface area is 75.6 Å². The van der Waals surface area contributed by atoms with Crippen LogP contribution in [0.15, 0.2) is 18.6 Å². The third kappa shape index (κ3) is 1.39. The van der Waals surface area contributed by atoms with Gasteiger partial charge in [0.2, 0.25) is 0 Å². The zero-order chi connectivity index (χ0) is 9.26. The molecule has 1 fully saturated rings. The van der Waals surface area contributed by atoms with Gasteiger partial charge in [0.15, 0.2) is 0 Å². The first-order chi connectivity index (χ1) is 6.29. The molecule has 2 atom stereocenters. The fraction of sp³-hybridized carbons (Fsp3) is 0.444. The van der Waals surface area contributed by atoms with E-state index >= 15 is 0 Å². The van der Waals surface area contributed by atoms with Crippen molar-refractivity contribution in [2.24, 2.45) is 5.92 Å². The molecule has 0 amide bonds. The van der Waals surface area contributed by atoms with Crippen LogP contribution < -0.4 is 0 Å². The molecule has 13 heavy (non-hydrogen) atoms. The molecule has 1 saturated carbocycles. The highest BCUT2D eigenvalue weighted by Crippen LogP contribution is 2.41. The average Bonchev–Trinajstić information content (AvgIpc) is 2.02. The zero-order valence-corrected chi connectivity index (χ0v) is 7.05. The van der Waals surface area contributed by atoms with E-state index in [1.807, 2.05) is 0 Å². The molecule has 0 bridgehead atoms. The number of carboxylic acid groups (broad SMARTS) is 1. The van der Waals surface area contributed by atoms with Crippen LogP contribution >= 0.6 is 0 Å². The van der Waals surface area contributed by atoms with Gasteiger partial charge in [-0.25, -0.2) is 0 Å². The normalized spacial score (nSPS) is 26.5. The van der Waals surface area contributed by atoms with Crippen molar-refractivity contribution in [1.82, 2.24) is 9.97 Å². The molecule has 1 heterocycles. The lowest BCUT2D eigenvalue weighted by Crippen LogP contribution is -2.31. The van der Waals surface area contributed by atoms with Crippen LogP contribution in [-0.4, -0.2) is 21.0 Å². The quantitative estimate of drug-likeness (QED) is 0.735. The Morgan fingerprint density at radius 3 is 2.77 bits per heavy atom. The second-order valence-electron chi connectivity index (χ2n) is 3.26. The Hall–Kier alpha value is -1.45. The molecule has 0 saturated heterocycles. The molecule has 0 radical (unpaired) electrons. The van der Waals surface area contributed by atoms with Gasteiger partial charge in [-0.1, -0.05) is 0 Å². The molecular weight excluding hydrogens is 168 g/mol. The SMILES string of the molecule is O=C(O)C1CCC1c1cnccn1. The number of nitrogens with zero attached hydrogens (tertiary/aromatic N) is 2. The first-order valence-electron chi connectivity index (χ1n) is 4.28. The summed E-state index contributed by atoms with van der Waals surface area (Å²) in [6.45, 7) is 0. The monoisotopic (exact) mass is 178 g/mol. The molecule has 0 aromatic carbocycles. The van der Waals surface area contributed by atoms with Gasteiger partial charge in [0.05, 0.1) is 11.6 Å². The fourth-order valence-corrected chi connectivity index (χ4v) is 1.65. The lowest BCUT2D eigenvalue weighted by Gasteiger charge is -2.32. The molecule has 1 N–H and O–H groups in total. The molecule has 0 aliphatic heterocycles. The van der Waals surface area contributed by atoms with Gasteiger partial charge in [0.1, 0.15) is 0 Å². The Kier molecular flexibility index (Phi) is 1.96. The van der Waals surface area contributed by atoms with Crippen molar-refractivity contribution in [2.75, 3.05) is 0 Å². The van der Waals surface area contributed by atoms with Crippen LogP contribution in [0, 0.1) is 5.92 Å². The summed E-state index contributed by atoms with van der Waals surface area (Å²) in [6, 6.07) is 0. The number of carbonyl (C=O) groups is 1. The van der Waals surface area contributed by atoms with Gasteiger partial charge in [-0.15, -0.1) is 0 Å². The summed E-state index contributed by atoms with van der Waals surface area (Å²) in [7, 11) is 0. The highest BCUT2D eigenvalue weighted by Gasteiger charge is 2.38. The van der Waals surface area contributed by atoms with E-state index in [-0.39, 0.29) is 11.8 Å². The maximum atomic E-state index is 10.7. The van der Waals surface area contributed by atoms with Crippen molar-refractivity contribution < 1.29 is 9.90 Å². The number of aliphatic carboxylic acids is 1. The van der Waals surface area contributed by atoms with Gasteiger partial charge in [-0.3, -0.25) is 14.8 Å². The third-order valence-corrected chi connectivity index (χ3v) is 2.55. The summed E-state index contributed by atoms with van der Waals surface area (Å²) in [5, 5.41) is 8.82. The average molecular weight is 178 g/mol. The number of hydrogen-bond acceptors (Lipinski definition) is 3. The molecule has 2 rings (SSSR count). The zero-order valence-electron chi connectivity index (χ0n) is 7.05. The molecule has 4 nitrogen and oxygen atoms in total. The number of rotatable bonds is 2. The van der Waals surface area contributed by atoms with Crippen molar-refractivity contribution >= 4 is 5.97 Å². The van der Waals surface area contributed by atoms with E-state index in [9.17, 15) is 4.79 Å². The maximum Gasteiger partial charge on any atom is 0.307 e. The lowest BCUT2D eigenvalue weighted by atomic mass is 9.72. The third-order valence-electron chi connectivity index (χ3n) is 2.55. The molecule has 4 heteroatoms. The summed E-state index contributed by atoms with van der Waals surface area (Å²) in [4.78, 5) is 18.8. The smallest absolute Gasteiger partial charge is 0.307 e. The van der Waals surface area contributed by atoms with Crippen molar-refractivity contribution in [3.05, 3.63) is 24.3 Å². The van der Waals surface area contributed by atoms with E-state index in [0.29, 0.717) is 0 Å². The van der Waals surface area contributed by atoms with Gasteiger partial charge in [0, 0.05) is 24.5 Å². The van der Waals surface area contributed by atoms with Crippen LogP contribution in [0.4, 0.5) is 0 Å². The van der Waals surface area contributed by atoms with E-state index in [0.717, 1.165) is 18.5 Å². The molecule has 2 unspecified atom stereocenters. The minimum atomic E-state index is -0.720. The Morgan fingerprint density at radius 2 is 2.31 bits per heavy atom. The number of aromatic nitrogens is 2. The standard InChI is InChI=1S/C9H10N2O2/c12-9(13)7-2-1-6(7)8-5-10-3-4-11-8/h3-7H,1-2H2,(H,12,13). The Morgan fingerprint density at radius 1 is 1.46 bits per heavy atom. The van der Waals surface area contributed by atoms with E-state index in [1.54, 1.807) is 18.6 Å². The molecule has 1 aromatic heterocycles. The number of carboxylic acids is 1. The van der Waals surface area contributed by atoms with Gasteiger partial charge >= 0.3 is 5.97 Å². The largest absolute Gasteiger partial charge is 0.481 e. The predicted molar refractivity (Wildman–Crippen MR) is 45.1 cm³/mol. The molecule has 1 aliphatic carbocycles. The topological polar surface area (TPSA) is 63.1 Å². The molecule has 0 spiro atoms. The van der Waals surface area contributed by atoms with Gasteiger partial charge in [-0.05, 0) is 12.8 Å². The van der Waals surface area contributed by atoms with Crippen molar-refractivity contribution in [1.29, 1.82) is 0 Å². The molecule has 1 aliphatic rings. The van der Waals surface area contributed by atoms with Crippen LogP contribution in [-0.2, 0) is 4.79 Å². The van der Waals surface area contributed by atoms with Crippen LogP contribution in [0.3, 0.4) is 0 Å². The van der Waals surface area contributed by atoms with Gasteiger partial charge in [-0.2, -0.15) is 0 Å². The second-order valence-corrected chi connectivity index (χ2v) is 3.26. The Balaban J connectivity index is 2.15. The van der Waals surface area contributed by atoms with Crippen molar-refractivity contribution in [3.63, 3.8) is 0 Å². The van der Waals surface area contributed by atoms with Crippen LogP contribution in [0.1, 0.15) is 24.5 Å². The summed E-state index contributed by atoms with van der Waals surface area (Å²) in [5.41, 5.74) is 0.807. The molecular formula is C9H10N2O2. The van der Waals surface area contributed by atoms with E-state index in [2.05, 4.69) is 9.97 Å². The lowest BCUT2D eigenvalue weighted by molar-refractivity contribution is -0.145. The summed E-state index contributed by atoms with van der Waals surface area (Å²) >= 11 is 0. The fourth-order valence-electron chi connectivity index (χ4n) is 1.65. The summed E-state index contributed by atoms with van der Waals surface area (Å²) in [6.07, 6.45) is 6.52. The highest BCUT2D eigenvalue weighted by atomic mass is 16.4. The van der Waals surface area contributed by atoms with Gasteiger partial charge in [0.25, 0.3) is 0 Å². The summed E-state index contributed by atoms with van der Waals surface area (Å²) in [5.74, 6) is -0.898. The Bertz CT molecular complexity index is 313.